The van der Waals surface area contributed by atoms with E-state index in [1.165, 1.54) is 19.2 Å². The van der Waals surface area contributed by atoms with Gasteiger partial charge in [0.05, 0.1) is 29.4 Å². The molecule has 0 aromatic heterocycles. The maximum absolute atomic E-state index is 14.5. The number of hydroxylamine groups is 2. The average Bonchev–Trinajstić information content (AvgIpc) is 3.61. The Morgan fingerprint density at radius 3 is 2.40 bits per heavy atom. The zero-order chi connectivity index (χ0) is 41.3. The van der Waals surface area contributed by atoms with Crippen molar-refractivity contribution < 1.29 is 67.0 Å². The van der Waals surface area contributed by atoms with Gasteiger partial charge in [0.1, 0.15) is 29.9 Å². The first-order chi connectivity index (χ1) is 27.3. The number of aliphatic hydroxyl groups excluding tert-OH is 1. The van der Waals surface area contributed by atoms with Crippen LogP contribution in [0.4, 0.5) is 10.1 Å². The van der Waals surface area contributed by atoms with Crippen molar-refractivity contribution in [1.82, 2.24) is 15.7 Å². The maximum Gasteiger partial charge on any atom is 0.333 e. The minimum Gasteiger partial charge on any atom is -0.506 e. The van der Waals surface area contributed by atoms with Crippen LogP contribution in [-0.2, 0) is 48.4 Å². The second-order valence-corrected chi connectivity index (χ2v) is 14.7. The van der Waals surface area contributed by atoms with Gasteiger partial charge in [0.25, 0.3) is 11.8 Å². The first kappa shape index (κ1) is 42.7. The summed E-state index contributed by atoms with van der Waals surface area (Å²) < 4.78 is 26.1. The lowest BCUT2D eigenvalue weighted by Gasteiger charge is -2.23. The number of amides is 4. The van der Waals surface area contributed by atoms with Crippen LogP contribution in [-0.4, -0.2) is 93.1 Å². The molecule has 2 aromatic rings. The zero-order valence-corrected chi connectivity index (χ0v) is 32.4. The molecular weight excluding hydrogens is 768 g/mol. The van der Waals surface area contributed by atoms with Crippen molar-refractivity contribution >= 4 is 64.4 Å². The summed E-state index contributed by atoms with van der Waals surface area (Å²) in [6.07, 6.45) is 3.23. The van der Waals surface area contributed by atoms with E-state index in [1.807, 2.05) is 18.4 Å². The molecule has 2 heterocycles. The highest BCUT2D eigenvalue weighted by atomic mass is 32.2. The van der Waals surface area contributed by atoms with Crippen LogP contribution in [0.15, 0.2) is 59.9 Å². The number of ketones is 1. The SMILES string of the molecule is COc1ccc(C2=C(O)/C(=C/C3=[N+](CCCCCC(=O)NC(CSOOO)C(=O)NCCCC(=O)ON4C(=O)CCC4=O)c4ccc(F)cc4C3(C)C)C2=O)cc1. The molecule has 1 saturated heterocycles. The standard InChI is InChI=1S/C39H43FN4O12S/c1-39(2)27-20-24(40)12-15-29(27)43(30(39)21-26-36(49)35(37(26)50)23-10-13-25(53-3)14-11-23)19-6-4-5-8-31(45)42-28(22-57-56-55-52)38(51)41-18-7-9-34(48)54-44-32(46)16-17-33(44)47/h10-15,20-21,28H,4-9,16-19,22H2,1-3H3,(H3-,41,42,45,49,50,51,52)/p+1. The van der Waals surface area contributed by atoms with E-state index in [1.54, 1.807) is 36.4 Å². The highest BCUT2D eigenvalue weighted by Gasteiger charge is 2.47. The van der Waals surface area contributed by atoms with Gasteiger partial charge in [0.15, 0.2) is 5.71 Å². The third kappa shape index (κ3) is 10.1. The minimum atomic E-state index is -1.09. The van der Waals surface area contributed by atoms with E-state index in [-0.39, 0.29) is 67.1 Å². The molecule has 304 valence electrons. The van der Waals surface area contributed by atoms with Gasteiger partial charge in [-0.25, -0.2) is 14.4 Å². The van der Waals surface area contributed by atoms with Gasteiger partial charge >= 0.3 is 5.97 Å². The van der Waals surface area contributed by atoms with Crippen LogP contribution in [0.25, 0.3) is 5.57 Å². The van der Waals surface area contributed by atoms with Crippen molar-refractivity contribution in [2.24, 2.45) is 0 Å². The van der Waals surface area contributed by atoms with Crippen molar-refractivity contribution in [2.75, 3.05) is 26.0 Å². The van der Waals surface area contributed by atoms with Crippen LogP contribution in [0.2, 0.25) is 0 Å². The Labute approximate surface area is 331 Å². The monoisotopic (exact) mass is 811 g/mol. The van der Waals surface area contributed by atoms with Crippen molar-refractivity contribution in [1.29, 1.82) is 0 Å². The molecule has 57 heavy (non-hydrogen) atoms. The summed E-state index contributed by atoms with van der Waals surface area (Å²) in [6.45, 7) is 4.33. The first-order valence-corrected chi connectivity index (χ1v) is 19.2. The fourth-order valence-electron chi connectivity index (χ4n) is 6.74. The summed E-state index contributed by atoms with van der Waals surface area (Å²) in [5, 5.41) is 28.8. The highest BCUT2D eigenvalue weighted by Crippen LogP contribution is 2.43. The number of aliphatic hydroxyl groups is 1. The Morgan fingerprint density at radius 2 is 1.74 bits per heavy atom. The number of Topliss-reactive ketones (excluding diaryl/α,β-unsaturated/α-hetero) is 1. The van der Waals surface area contributed by atoms with Crippen LogP contribution in [0.5, 0.6) is 5.75 Å². The zero-order valence-electron chi connectivity index (χ0n) is 31.6. The number of carbonyl (C=O) groups is 6. The number of hydrogen-bond acceptors (Lipinski definition) is 13. The molecule has 0 saturated carbocycles. The molecule has 1 aliphatic carbocycles. The Bertz CT molecular complexity index is 2000. The molecule has 16 nitrogen and oxygen atoms in total. The molecule has 3 aliphatic rings. The first-order valence-electron chi connectivity index (χ1n) is 18.3. The van der Waals surface area contributed by atoms with E-state index in [0.29, 0.717) is 59.9 Å². The van der Waals surface area contributed by atoms with Crippen LogP contribution in [0.1, 0.15) is 76.3 Å². The van der Waals surface area contributed by atoms with E-state index < -0.39 is 46.9 Å². The molecule has 2 aliphatic heterocycles. The number of methoxy groups -OCH3 is 1. The van der Waals surface area contributed by atoms with Crippen LogP contribution in [0, 0.1) is 5.82 Å². The molecule has 1 unspecified atom stereocenters. The van der Waals surface area contributed by atoms with E-state index in [4.69, 9.17) is 14.8 Å². The molecular formula is C39H44FN4O12S+. The van der Waals surface area contributed by atoms with Gasteiger partial charge in [-0.1, -0.05) is 17.2 Å². The molecule has 4 amide bonds. The Morgan fingerprint density at radius 1 is 1.02 bits per heavy atom. The third-order valence-electron chi connectivity index (χ3n) is 9.78. The summed E-state index contributed by atoms with van der Waals surface area (Å²) in [6, 6.07) is 10.2. The Kier molecular flexibility index (Phi) is 14.3. The number of imide groups is 1. The molecule has 1 fully saturated rings. The van der Waals surface area contributed by atoms with Gasteiger partial charge in [-0.3, -0.25) is 24.0 Å². The number of nitrogens with zero attached hydrogens (tertiary/aromatic N) is 2. The fraction of sp³-hybridized carbons (Fsp3) is 0.410. The smallest absolute Gasteiger partial charge is 0.333 e. The van der Waals surface area contributed by atoms with Gasteiger partial charge in [-0.2, -0.15) is 4.58 Å². The second-order valence-electron chi connectivity index (χ2n) is 14.0. The topological polar surface area (TPSA) is 210 Å². The number of nitrogens with one attached hydrogen (secondary N) is 2. The summed E-state index contributed by atoms with van der Waals surface area (Å²) in [5.41, 5.74) is 2.41. The number of unbranched alkanes of at least 4 members (excludes halogenated alkanes) is 2. The number of fused-ring (bicyclic) bond motifs is 1. The number of allylic oxidation sites excluding steroid dienone is 3. The highest BCUT2D eigenvalue weighted by molar-refractivity contribution is 7.94. The molecule has 2 aromatic carbocycles. The quantitative estimate of drug-likeness (QED) is 0.0280. The number of hydrogen-bond donors (Lipinski definition) is 4. The number of benzene rings is 2. The Hall–Kier alpha value is -5.43. The number of ether oxygens (including phenoxy) is 1. The summed E-state index contributed by atoms with van der Waals surface area (Å²) >= 11 is 0.574. The van der Waals surface area contributed by atoms with Gasteiger partial charge in [-0.15, -0.1) is 9.40 Å². The van der Waals surface area contributed by atoms with Gasteiger partial charge in [0, 0.05) is 68.4 Å². The van der Waals surface area contributed by atoms with Crippen LogP contribution >= 0.6 is 12.0 Å². The molecule has 0 spiro atoms. The lowest BCUT2D eigenvalue weighted by atomic mass is 9.77. The van der Waals surface area contributed by atoms with Crippen molar-refractivity contribution in [3.63, 3.8) is 0 Å². The lowest BCUT2D eigenvalue weighted by Crippen LogP contribution is -2.48. The molecule has 1 atom stereocenters. The maximum atomic E-state index is 14.5. The molecule has 0 radical (unpaired) electrons. The van der Waals surface area contributed by atoms with Crippen molar-refractivity contribution in [3.05, 3.63) is 76.8 Å². The molecule has 0 bridgehead atoms. The summed E-state index contributed by atoms with van der Waals surface area (Å²) in [5.74, 6) is -3.41. The summed E-state index contributed by atoms with van der Waals surface area (Å²) in [7, 11) is 1.53. The largest absolute Gasteiger partial charge is 0.506 e. The van der Waals surface area contributed by atoms with E-state index in [9.17, 15) is 38.3 Å². The van der Waals surface area contributed by atoms with Gasteiger partial charge < -0.3 is 25.3 Å². The molecule has 4 N–H and O–H groups in total. The molecule has 5 rings (SSSR count). The van der Waals surface area contributed by atoms with E-state index in [0.717, 1.165) is 11.3 Å². The molecule has 18 heteroatoms. The number of rotatable bonds is 20. The lowest BCUT2D eigenvalue weighted by molar-refractivity contribution is -0.438. The van der Waals surface area contributed by atoms with Crippen LogP contribution < -0.4 is 15.4 Å². The Balaban J connectivity index is 1.16. The minimum absolute atomic E-state index is 0.0108. The number of halogens is 1. The normalized spacial score (nSPS) is 17.2. The van der Waals surface area contributed by atoms with Crippen molar-refractivity contribution in [2.45, 2.75) is 76.7 Å². The predicted molar refractivity (Wildman–Crippen MR) is 202 cm³/mol. The summed E-state index contributed by atoms with van der Waals surface area (Å²) in [4.78, 5) is 79.2. The number of carbonyl (C=O) groups excluding carboxylic acids is 6. The third-order valence-corrected chi connectivity index (χ3v) is 10.4. The van der Waals surface area contributed by atoms with Crippen LogP contribution in [0.3, 0.4) is 0 Å². The van der Waals surface area contributed by atoms with Crippen molar-refractivity contribution in [3.8, 4) is 5.75 Å². The van der Waals surface area contributed by atoms with E-state index >= 15 is 0 Å². The van der Waals surface area contributed by atoms with Gasteiger partial charge in [0.2, 0.25) is 23.3 Å². The fourth-order valence-corrected chi connectivity index (χ4v) is 7.21. The van der Waals surface area contributed by atoms with Gasteiger partial charge in [-0.05, 0) is 62.9 Å². The predicted octanol–water partition coefficient (Wildman–Crippen LogP) is 4.31. The average molecular weight is 812 g/mol. The van der Waals surface area contributed by atoms with E-state index in [2.05, 4.69) is 20.0 Å². The second kappa shape index (κ2) is 19.1.